The van der Waals surface area contributed by atoms with Crippen molar-refractivity contribution in [3.8, 4) is 0 Å². The summed E-state index contributed by atoms with van der Waals surface area (Å²) in [7, 11) is 2.00. The standard InChI is InChI=1S/C21H32N6O2/c1-25-15-23-14-17(25)13-22-12-16-6-4-5-11-26(16)20-9-10-21(29)27(24-20)18-7-2-3-8-19(18)28/h9-10,14-16,18-19,22,28H,2-8,11-13H2,1H3. The van der Waals surface area contributed by atoms with Gasteiger partial charge in [-0.1, -0.05) is 12.8 Å². The number of anilines is 1. The van der Waals surface area contributed by atoms with Crippen molar-refractivity contribution in [3.63, 3.8) is 0 Å². The first-order chi connectivity index (χ1) is 14.1. The molecule has 3 heterocycles. The third-order valence-electron chi connectivity index (χ3n) is 6.34. The molecule has 0 radical (unpaired) electrons. The zero-order chi connectivity index (χ0) is 20.2. The summed E-state index contributed by atoms with van der Waals surface area (Å²) in [6.07, 6.45) is 10.3. The lowest BCUT2D eigenvalue weighted by Crippen LogP contribution is -2.47. The quantitative estimate of drug-likeness (QED) is 0.766. The van der Waals surface area contributed by atoms with Gasteiger partial charge in [-0.2, -0.15) is 5.10 Å². The summed E-state index contributed by atoms with van der Waals surface area (Å²) >= 11 is 0. The van der Waals surface area contributed by atoms with E-state index in [1.165, 1.54) is 11.1 Å². The van der Waals surface area contributed by atoms with Crippen LogP contribution in [0.4, 0.5) is 5.82 Å². The van der Waals surface area contributed by atoms with Crippen LogP contribution in [0.3, 0.4) is 0 Å². The molecule has 29 heavy (non-hydrogen) atoms. The first-order valence-corrected chi connectivity index (χ1v) is 10.8. The van der Waals surface area contributed by atoms with E-state index < -0.39 is 6.10 Å². The number of hydrogen-bond acceptors (Lipinski definition) is 6. The lowest BCUT2D eigenvalue weighted by atomic mass is 9.93. The van der Waals surface area contributed by atoms with Gasteiger partial charge in [-0.15, -0.1) is 0 Å². The normalized spacial score (nSPS) is 25.3. The molecule has 2 N–H and O–H groups in total. The Morgan fingerprint density at radius 2 is 2.00 bits per heavy atom. The van der Waals surface area contributed by atoms with Crippen LogP contribution in [0.5, 0.6) is 0 Å². The van der Waals surface area contributed by atoms with E-state index >= 15 is 0 Å². The van der Waals surface area contributed by atoms with Gasteiger partial charge in [0.05, 0.1) is 24.2 Å². The Morgan fingerprint density at radius 3 is 2.79 bits per heavy atom. The molecule has 8 heteroatoms. The van der Waals surface area contributed by atoms with Crippen LogP contribution in [0.25, 0.3) is 0 Å². The summed E-state index contributed by atoms with van der Waals surface area (Å²) in [5, 5.41) is 18.7. The molecule has 1 saturated carbocycles. The summed E-state index contributed by atoms with van der Waals surface area (Å²) in [4.78, 5) is 19.0. The van der Waals surface area contributed by atoms with E-state index in [2.05, 4.69) is 15.2 Å². The van der Waals surface area contributed by atoms with Crippen molar-refractivity contribution in [1.29, 1.82) is 0 Å². The molecule has 1 aliphatic carbocycles. The maximum atomic E-state index is 12.5. The number of piperidine rings is 1. The molecule has 3 atom stereocenters. The summed E-state index contributed by atoms with van der Waals surface area (Å²) in [6, 6.07) is 3.58. The zero-order valence-electron chi connectivity index (χ0n) is 17.2. The van der Waals surface area contributed by atoms with Gasteiger partial charge in [0.1, 0.15) is 5.82 Å². The van der Waals surface area contributed by atoms with Crippen LogP contribution < -0.4 is 15.8 Å². The Labute approximate surface area is 171 Å². The number of hydrogen-bond donors (Lipinski definition) is 2. The largest absolute Gasteiger partial charge is 0.391 e. The van der Waals surface area contributed by atoms with Gasteiger partial charge in [-0.3, -0.25) is 4.79 Å². The second-order valence-corrected chi connectivity index (χ2v) is 8.36. The average molecular weight is 401 g/mol. The number of aliphatic hydroxyl groups excluding tert-OH is 1. The molecule has 0 bridgehead atoms. The number of nitrogens with one attached hydrogen (secondary N) is 1. The number of aromatic nitrogens is 4. The highest BCUT2D eigenvalue weighted by Crippen LogP contribution is 2.28. The fourth-order valence-corrected chi connectivity index (χ4v) is 4.62. The molecule has 0 amide bonds. The number of aryl methyl sites for hydroxylation is 1. The molecule has 2 aromatic rings. The lowest BCUT2D eigenvalue weighted by molar-refractivity contribution is 0.0669. The fourth-order valence-electron chi connectivity index (χ4n) is 4.62. The van der Waals surface area contributed by atoms with E-state index in [1.54, 1.807) is 6.07 Å². The van der Waals surface area contributed by atoms with Crippen molar-refractivity contribution in [2.75, 3.05) is 18.0 Å². The van der Waals surface area contributed by atoms with Gasteiger partial charge >= 0.3 is 0 Å². The van der Waals surface area contributed by atoms with Crippen molar-refractivity contribution >= 4 is 5.82 Å². The average Bonchev–Trinajstić information content (AvgIpc) is 3.14. The second-order valence-electron chi connectivity index (χ2n) is 8.36. The molecule has 3 unspecified atom stereocenters. The van der Waals surface area contributed by atoms with Crippen molar-refractivity contribution in [2.24, 2.45) is 7.05 Å². The topological polar surface area (TPSA) is 88.2 Å². The minimum absolute atomic E-state index is 0.123. The predicted octanol–water partition coefficient (Wildman–Crippen LogP) is 1.60. The Balaban J connectivity index is 1.48. The predicted molar refractivity (Wildman–Crippen MR) is 112 cm³/mol. The van der Waals surface area contributed by atoms with Crippen LogP contribution in [-0.4, -0.2) is 49.7 Å². The van der Waals surface area contributed by atoms with E-state index in [-0.39, 0.29) is 11.6 Å². The van der Waals surface area contributed by atoms with Gasteiger partial charge in [0.2, 0.25) is 0 Å². The monoisotopic (exact) mass is 400 g/mol. The molecule has 2 fully saturated rings. The van der Waals surface area contributed by atoms with Crippen LogP contribution in [0.15, 0.2) is 29.5 Å². The van der Waals surface area contributed by atoms with Gasteiger partial charge in [0.25, 0.3) is 5.56 Å². The minimum atomic E-state index is -0.484. The van der Waals surface area contributed by atoms with Gasteiger partial charge < -0.3 is 19.9 Å². The van der Waals surface area contributed by atoms with Crippen molar-refractivity contribution in [3.05, 3.63) is 40.7 Å². The maximum Gasteiger partial charge on any atom is 0.267 e. The maximum absolute atomic E-state index is 12.5. The minimum Gasteiger partial charge on any atom is -0.391 e. The molecule has 0 spiro atoms. The van der Waals surface area contributed by atoms with Crippen molar-refractivity contribution in [1.82, 2.24) is 24.6 Å². The van der Waals surface area contributed by atoms with E-state index in [0.29, 0.717) is 6.04 Å². The Morgan fingerprint density at radius 1 is 1.17 bits per heavy atom. The second kappa shape index (κ2) is 9.09. The molecule has 158 valence electrons. The summed E-state index contributed by atoms with van der Waals surface area (Å²) in [5.74, 6) is 0.842. The molecule has 1 saturated heterocycles. The lowest BCUT2D eigenvalue weighted by Gasteiger charge is -2.37. The summed E-state index contributed by atoms with van der Waals surface area (Å²) in [5.41, 5.74) is 1.04. The zero-order valence-corrected chi connectivity index (χ0v) is 17.2. The SMILES string of the molecule is Cn1cncc1CNCC1CCCCN1c1ccc(=O)n(C2CCCCC2O)n1. The number of imidazole rings is 1. The molecule has 1 aliphatic heterocycles. The Bertz CT molecular complexity index is 863. The number of nitrogens with zero attached hydrogens (tertiary/aromatic N) is 5. The van der Waals surface area contributed by atoms with Crippen LogP contribution in [-0.2, 0) is 13.6 Å². The van der Waals surface area contributed by atoms with E-state index in [1.807, 2.05) is 30.2 Å². The third-order valence-corrected chi connectivity index (χ3v) is 6.34. The van der Waals surface area contributed by atoms with E-state index in [0.717, 1.165) is 69.7 Å². The van der Waals surface area contributed by atoms with E-state index in [9.17, 15) is 9.90 Å². The highest BCUT2D eigenvalue weighted by Gasteiger charge is 2.28. The first kappa shape index (κ1) is 20.1. The fraction of sp³-hybridized carbons (Fsp3) is 0.667. The first-order valence-electron chi connectivity index (χ1n) is 10.8. The van der Waals surface area contributed by atoms with Gasteiger partial charge in [0, 0.05) is 45.0 Å². The summed E-state index contributed by atoms with van der Waals surface area (Å²) in [6.45, 7) is 2.58. The third kappa shape index (κ3) is 4.53. The highest BCUT2D eigenvalue weighted by molar-refractivity contribution is 5.39. The van der Waals surface area contributed by atoms with Crippen LogP contribution in [0, 0.1) is 0 Å². The highest BCUT2D eigenvalue weighted by atomic mass is 16.3. The van der Waals surface area contributed by atoms with Crippen LogP contribution in [0.2, 0.25) is 0 Å². The number of rotatable bonds is 6. The molecular weight excluding hydrogens is 368 g/mol. The molecule has 2 aromatic heterocycles. The van der Waals surface area contributed by atoms with Gasteiger partial charge in [-0.25, -0.2) is 9.67 Å². The molecule has 8 nitrogen and oxygen atoms in total. The molecule has 2 aliphatic rings. The van der Waals surface area contributed by atoms with Gasteiger partial charge in [-0.05, 0) is 38.2 Å². The molecule has 0 aromatic carbocycles. The van der Waals surface area contributed by atoms with Gasteiger partial charge in [0.15, 0.2) is 0 Å². The van der Waals surface area contributed by atoms with Crippen molar-refractivity contribution < 1.29 is 5.11 Å². The number of aliphatic hydroxyl groups is 1. The van der Waals surface area contributed by atoms with Crippen molar-refractivity contribution in [2.45, 2.75) is 69.7 Å². The summed E-state index contributed by atoms with van der Waals surface area (Å²) < 4.78 is 3.56. The van der Waals surface area contributed by atoms with Crippen LogP contribution in [0.1, 0.15) is 56.7 Å². The smallest absolute Gasteiger partial charge is 0.267 e. The molecule has 4 rings (SSSR count). The molecular formula is C21H32N6O2. The van der Waals surface area contributed by atoms with Crippen LogP contribution >= 0.6 is 0 Å². The van der Waals surface area contributed by atoms with E-state index in [4.69, 9.17) is 5.10 Å². The Kier molecular flexibility index (Phi) is 6.30. The Hall–Kier alpha value is -2.19.